The molecule has 0 bridgehead atoms. The van der Waals surface area contributed by atoms with Gasteiger partial charge in [0.1, 0.15) is 5.56 Å². The van der Waals surface area contributed by atoms with Gasteiger partial charge in [-0.25, -0.2) is 9.89 Å². The SMILES string of the molecule is CCOC(=O)/C=C/[C@H](CCOC)Nc1cn[nH]c(=O)c1C(F)(F)F. The number of rotatable bonds is 8. The van der Waals surface area contributed by atoms with Crippen LogP contribution in [0.2, 0.25) is 0 Å². The van der Waals surface area contributed by atoms with Crippen LogP contribution in [-0.2, 0) is 20.4 Å². The number of nitrogens with zero attached hydrogens (tertiary/aromatic N) is 1. The van der Waals surface area contributed by atoms with Crippen molar-refractivity contribution in [2.24, 2.45) is 0 Å². The molecule has 0 saturated heterocycles. The van der Waals surface area contributed by atoms with Crippen LogP contribution >= 0.6 is 0 Å². The zero-order chi connectivity index (χ0) is 18.2. The van der Waals surface area contributed by atoms with Crippen LogP contribution in [0.25, 0.3) is 0 Å². The molecule has 0 aliphatic rings. The Kier molecular flexibility index (Phi) is 7.43. The van der Waals surface area contributed by atoms with E-state index in [9.17, 15) is 22.8 Å². The van der Waals surface area contributed by atoms with Crippen molar-refractivity contribution < 1.29 is 27.4 Å². The Labute approximate surface area is 135 Å². The molecule has 1 rings (SSSR count). The summed E-state index contributed by atoms with van der Waals surface area (Å²) >= 11 is 0. The number of aromatic amines is 1. The van der Waals surface area contributed by atoms with Crippen LogP contribution in [0.4, 0.5) is 18.9 Å². The average Bonchev–Trinajstić information content (AvgIpc) is 2.49. The van der Waals surface area contributed by atoms with Crippen LogP contribution in [0.15, 0.2) is 23.1 Å². The van der Waals surface area contributed by atoms with Gasteiger partial charge in [0, 0.05) is 25.8 Å². The number of esters is 1. The third kappa shape index (κ3) is 6.03. The fourth-order valence-electron chi connectivity index (χ4n) is 1.84. The highest BCUT2D eigenvalue weighted by Crippen LogP contribution is 2.31. The molecule has 2 N–H and O–H groups in total. The Bertz CT molecular complexity index is 628. The topological polar surface area (TPSA) is 93.3 Å². The zero-order valence-electron chi connectivity index (χ0n) is 13.1. The number of hydrogen-bond acceptors (Lipinski definition) is 6. The van der Waals surface area contributed by atoms with E-state index >= 15 is 0 Å². The second-order valence-electron chi connectivity index (χ2n) is 4.63. The van der Waals surface area contributed by atoms with E-state index < -0.39 is 35.0 Å². The summed E-state index contributed by atoms with van der Waals surface area (Å²) in [5.41, 5.74) is -3.22. The summed E-state index contributed by atoms with van der Waals surface area (Å²) in [5, 5.41) is 7.67. The van der Waals surface area contributed by atoms with Crippen molar-refractivity contribution in [1.82, 2.24) is 10.2 Å². The van der Waals surface area contributed by atoms with Gasteiger partial charge in [-0.15, -0.1) is 0 Å². The molecule has 134 valence electrons. The highest BCUT2D eigenvalue weighted by molar-refractivity contribution is 5.82. The molecule has 10 heteroatoms. The smallest absolute Gasteiger partial charge is 0.423 e. The van der Waals surface area contributed by atoms with Crippen LogP contribution in [0.1, 0.15) is 18.9 Å². The van der Waals surface area contributed by atoms with Crippen molar-refractivity contribution in [1.29, 1.82) is 0 Å². The highest BCUT2D eigenvalue weighted by Gasteiger charge is 2.37. The first-order valence-electron chi connectivity index (χ1n) is 7.04. The van der Waals surface area contributed by atoms with Gasteiger partial charge >= 0.3 is 12.1 Å². The van der Waals surface area contributed by atoms with E-state index in [4.69, 9.17) is 9.47 Å². The molecule has 7 nitrogen and oxygen atoms in total. The molecule has 0 radical (unpaired) electrons. The average molecular weight is 349 g/mol. The summed E-state index contributed by atoms with van der Waals surface area (Å²) in [6.07, 6.45) is -1.28. The first-order valence-corrected chi connectivity index (χ1v) is 7.04. The molecule has 1 atom stereocenters. The maximum atomic E-state index is 13.0. The molecular formula is C14H18F3N3O4. The molecule has 0 aliphatic carbocycles. The number of aromatic nitrogens is 2. The van der Waals surface area contributed by atoms with Gasteiger partial charge in [0.2, 0.25) is 0 Å². The van der Waals surface area contributed by atoms with Crippen molar-refractivity contribution in [3.8, 4) is 0 Å². The summed E-state index contributed by atoms with van der Waals surface area (Å²) < 4.78 is 48.7. The molecule has 0 unspecified atom stereocenters. The first-order chi connectivity index (χ1) is 11.3. The van der Waals surface area contributed by atoms with Crippen LogP contribution in [0.3, 0.4) is 0 Å². The van der Waals surface area contributed by atoms with Crippen LogP contribution in [0.5, 0.6) is 0 Å². The number of hydrogen-bond donors (Lipinski definition) is 2. The number of anilines is 1. The summed E-state index contributed by atoms with van der Waals surface area (Å²) in [4.78, 5) is 22.8. The highest BCUT2D eigenvalue weighted by atomic mass is 19.4. The van der Waals surface area contributed by atoms with E-state index in [1.165, 1.54) is 13.2 Å². The quantitative estimate of drug-likeness (QED) is 0.548. The van der Waals surface area contributed by atoms with Gasteiger partial charge < -0.3 is 14.8 Å². The number of H-pyrrole nitrogens is 1. The minimum absolute atomic E-state index is 0.176. The van der Waals surface area contributed by atoms with Crippen molar-refractivity contribution in [3.63, 3.8) is 0 Å². The number of methoxy groups -OCH3 is 1. The van der Waals surface area contributed by atoms with Gasteiger partial charge in [-0.1, -0.05) is 6.08 Å². The number of ether oxygens (including phenoxy) is 2. The number of carbonyl (C=O) groups excluding carboxylic acids is 1. The van der Waals surface area contributed by atoms with Gasteiger partial charge in [-0.2, -0.15) is 18.3 Å². The number of carbonyl (C=O) groups is 1. The van der Waals surface area contributed by atoms with Crippen LogP contribution in [-0.4, -0.2) is 42.5 Å². The molecule has 1 heterocycles. The zero-order valence-corrected chi connectivity index (χ0v) is 13.1. The number of alkyl halides is 3. The maximum absolute atomic E-state index is 13.0. The maximum Gasteiger partial charge on any atom is 0.423 e. The Morgan fingerprint density at radius 1 is 1.50 bits per heavy atom. The predicted octanol–water partition coefficient (Wildman–Crippen LogP) is 1.72. The molecule has 0 aromatic carbocycles. The fraction of sp³-hybridized carbons (Fsp3) is 0.500. The first kappa shape index (κ1) is 19.7. The third-order valence-electron chi connectivity index (χ3n) is 2.86. The Hall–Kier alpha value is -2.36. The standard InChI is InChI=1S/C14H18F3N3O4/c1-3-24-11(21)5-4-9(6-7-23-2)19-10-8-18-20-13(22)12(10)14(15,16)17/h4-5,8-9H,3,6-7H2,1-2H3,(H2,19,20,22)/b5-4+/t9-/m1/s1. The summed E-state index contributed by atoms with van der Waals surface area (Å²) in [5.74, 6) is -0.623. The van der Waals surface area contributed by atoms with Crippen LogP contribution < -0.4 is 10.9 Å². The lowest BCUT2D eigenvalue weighted by Gasteiger charge is -2.18. The van der Waals surface area contributed by atoms with Crippen molar-refractivity contribution in [2.45, 2.75) is 25.6 Å². The van der Waals surface area contributed by atoms with Crippen LogP contribution in [0, 0.1) is 0 Å². The van der Waals surface area contributed by atoms with E-state index in [0.717, 1.165) is 12.3 Å². The Morgan fingerprint density at radius 3 is 2.79 bits per heavy atom. The lowest BCUT2D eigenvalue weighted by Crippen LogP contribution is -2.28. The fourth-order valence-corrected chi connectivity index (χ4v) is 1.84. The molecular weight excluding hydrogens is 331 g/mol. The normalized spacial score (nSPS) is 13.0. The molecule has 24 heavy (non-hydrogen) atoms. The van der Waals surface area contributed by atoms with E-state index in [-0.39, 0.29) is 19.6 Å². The Morgan fingerprint density at radius 2 is 2.21 bits per heavy atom. The van der Waals surface area contributed by atoms with Gasteiger partial charge in [-0.05, 0) is 13.3 Å². The second-order valence-corrected chi connectivity index (χ2v) is 4.63. The molecule has 1 aromatic rings. The minimum Gasteiger partial charge on any atom is -0.463 e. The summed E-state index contributed by atoms with van der Waals surface area (Å²) in [6.45, 7) is 2.03. The second kappa shape index (κ2) is 9.06. The lowest BCUT2D eigenvalue weighted by molar-refractivity contribution is -0.138. The minimum atomic E-state index is -4.85. The summed E-state index contributed by atoms with van der Waals surface area (Å²) in [7, 11) is 1.43. The molecule has 0 amide bonds. The molecule has 0 aliphatic heterocycles. The van der Waals surface area contributed by atoms with Crippen molar-refractivity contribution in [2.75, 3.05) is 25.6 Å². The molecule has 1 aromatic heterocycles. The summed E-state index contributed by atoms with van der Waals surface area (Å²) in [6, 6.07) is -0.695. The van der Waals surface area contributed by atoms with Gasteiger partial charge in [0.15, 0.2) is 0 Å². The van der Waals surface area contributed by atoms with E-state index in [1.54, 1.807) is 12.0 Å². The van der Waals surface area contributed by atoms with Crippen molar-refractivity contribution >= 4 is 11.7 Å². The lowest BCUT2D eigenvalue weighted by atomic mass is 10.1. The van der Waals surface area contributed by atoms with Crippen molar-refractivity contribution in [3.05, 3.63) is 34.3 Å². The van der Waals surface area contributed by atoms with Gasteiger partial charge in [0.25, 0.3) is 5.56 Å². The Balaban J connectivity index is 3.05. The van der Waals surface area contributed by atoms with E-state index in [1.807, 2.05) is 0 Å². The largest absolute Gasteiger partial charge is 0.463 e. The van der Waals surface area contributed by atoms with E-state index in [0.29, 0.717) is 0 Å². The predicted molar refractivity (Wildman–Crippen MR) is 79.5 cm³/mol. The number of nitrogens with one attached hydrogen (secondary N) is 2. The number of halogens is 3. The third-order valence-corrected chi connectivity index (χ3v) is 2.86. The monoisotopic (exact) mass is 349 g/mol. The van der Waals surface area contributed by atoms with E-state index in [2.05, 4.69) is 10.4 Å². The molecule has 0 spiro atoms. The van der Waals surface area contributed by atoms with Gasteiger partial charge in [-0.3, -0.25) is 4.79 Å². The molecule has 0 fully saturated rings. The molecule has 0 saturated carbocycles. The van der Waals surface area contributed by atoms with Gasteiger partial charge in [0.05, 0.1) is 18.5 Å².